The van der Waals surface area contributed by atoms with Crippen LogP contribution in [0.3, 0.4) is 0 Å². The van der Waals surface area contributed by atoms with Crippen molar-refractivity contribution < 1.29 is 14.7 Å². The first-order valence-corrected chi connectivity index (χ1v) is 6.40. The SMILES string of the molecule is CC(C(=O)Nc1cc(Cl)cc(C(=O)O)c1)C1CNC1. The molecule has 1 unspecified atom stereocenters. The molecule has 5 nitrogen and oxygen atoms in total. The van der Waals surface area contributed by atoms with Crippen molar-refractivity contribution in [3.05, 3.63) is 28.8 Å². The number of hydrogen-bond donors (Lipinski definition) is 3. The topological polar surface area (TPSA) is 78.4 Å². The Bertz CT molecular complexity index is 515. The predicted octanol–water partition coefficient (Wildman–Crippen LogP) is 1.83. The molecule has 1 amide bonds. The fourth-order valence-electron chi connectivity index (χ4n) is 1.92. The smallest absolute Gasteiger partial charge is 0.335 e. The van der Waals surface area contributed by atoms with Crippen LogP contribution >= 0.6 is 11.6 Å². The fourth-order valence-corrected chi connectivity index (χ4v) is 2.16. The lowest BCUT2D eigenvalue weighted by molar-refractivity contribution is -0.121. The van der Waals surface area contributed by atoms with Gasteiger partial charge in [0.25, 0.3) is 0 Å². The number of carbonyl (C=O) groups excluding carboxylic acids is 1. The molecule has 2 rings (SSSR count). The molecule has 19 heavy (non-hydrogen) atoms. The summed E-state index contributed by atoms with van der Waals surface area (Å²) < 4.78 is 0. The Kier molecular flexibility index (Phi) is 4.07. The van der Waals surface area contributed by atoms with Crippen molar-refractivity contribution in [1.82, 2.24) is 5.32 Å². The van der Waals surface area contributed by atoms with Crippen molar-refractivity contribution in [2.24, 2.45) is 11.8 Å². The molecule has 1 aromatic carbocycles. The highest BCUT2D eigenvalue weighted by molar-refractivity contribution is 6.31. The minimum atomic E-state index is -1.07. The molecule has 3 N–H and O–H groups in total. The number of carbonyl (C=O) groups is 2. The number of halogens is 1. The quantitative estimate of drug-likeness (QED) is 0.787. The van der Waals surface area contributed by atoms with Gasteiger partial charge >= 0.3 is 5.97 Å². The standard InChI is InChI=1S/C13H15ClN2O3/c1-7(9-5-15-6-9)12(17)16-11-3-8(13(18)19)2-10(14)4-11/h2-4,7,9,15H,5-6H2,1H3,(H,16,17)(H,18,19). The molecule has 1 heterocycles. The second-order valence-electron chi connectivity index (χ2n) is 4.73. The van der Waals surface area contributed by atoms with Crippen molar-refractivity contribution in [3.63, 3.8) is 0 Å². The number of anilines is 1. The van der Waals surface area contributed by atoms with Crippen LogP contribution in [-0.4, -0.2) is 30.1 Å². The summed E-state index contributed by atoms with van der Waals surface area (Å²) in [6.07, 6.45) is 0. The van der Waals surface area contributed by atoms with E-state index in [-0.39, 0.29) is 22.4 Å². The molecule has 0 radical (unpaired) electrons. The van der Waals surface area contributed by atoms with Gasteiger partial charge in [0.1, 0.15) is 0 Å². The Balaban J connectivity index is 2.09. The van der Waals surface area contributed by atoms with E-state index in [1.807, 2.05) is 6.92 Å². The van der Waals surface area contributed by atoms with E-state index in [0.29, 0.717) is 11.6 Å². The van der Waals surface area contributed by atoms with Gasteiger partial charge in [-0.1, -0.05) is 18.5 Å². The second-order valence-corrected chi connectivity index (χ2v) is 5.17. The van der Waals surface area contributed by atoms with Crippen molar-refractivity contribution in [1.29, 1.82) is 0 Å². The zero-order valence-corrected chi connectivity index (χ0v) is 11.2. The molecule has 1 saturated heterocycles. The van der Waals surface area contributed by atoms with Crippen molar-refractivity contribution in [2.45, 2.75) is 6.92 Å². The number of nitrogens with one attached hydrogen (secondary N) is 2. The average molecular weight is 283 g/mol. The molecule has 0 aliphatic carbocycles. The minimum Gasteiger partial charge on any atom is -0.478 e. The van der Waals surface area contributed by atoms with Crippen LogP contribution in [0.5, 0.6) is 0 Å². The highest BCUT2D eigenvalue weighted by Crippen LogP contribution is 2.22. The van der Waals surface area contributed by atoms with Gasteiger partial charge in [0.05, 0.1) is 5.56 Å². The van der Waals surface area contributed by atoms with Gasteiger partial charge in [-0.25, -0.2) is 4.79 Å². The van der Waals surface area contributed by atoms with E-state index in [4.69, 9.17) is 16.7 Å². The number of benzene rings is 1. The molecule has 0 aromatic heterocycles. The zero-order chi connectivity index (χ0) is 14.0. The summed E-state index contributed by atoms with van der Waals surface area (Å²) in [5.41, 5.74) is 0.467. The number of rotatable bonds is 4. The van der Waals surface area contributed by atoms with Gasteiger partial charge in [0.15, 0.2) is 0 Å². The molecular weight excluding hydrogens is 268 g/mol. The Hall–Kier alpha value is -1.59. The van der Waals surface area contributed by atoms with Gasteiger partial charge in [-0.3, -0.25) is 4.79 Å². The van der Waals surface area contributed by atoms with Gasteiger partial charge < -0.3 is 15.7 Å². The fraction of sp³-hybridized carbons (Fsp3) is 0.385. The molecule has 102 valence electrons. The van der Waals surface area contributed by atoms with Crippen LogP contribution in [0.4, 0.5) is 5.69 Å². The van der Waals surface area contributed by atoms with Gasteiger partial charge in [0, 0.05) is 16.6 Å². The first-order valence-electron chi connectivity index (χ1n) is 6.03. The normalized spacial score (nSPS) is 16.5. The molecule has 6 heteroatoms. The molecule has 1 aliphatic rings. The van der Waals surface area contributed by atoms with E-state index in [0.717, 1.165) is 13.1 Å². The summed E-state index contributed by atoms with van der Waals surface area (Å²) in [7, 11) is 0. The van der Waals surface area contributed by atoms with Gasteiger partial charge in [0.2, 0.25) is 5.91 Å². The highest BCUT2D eigenvalue weighted by atomic mass is 35.5. The van der Waals surface area contributed by atoms with E-state index in [9.17, 15) is 9.59 Å². The minimum absolute atomic E-state index is 0.0563. The maximum atomic E-state index is 12.0. The third-order valence-electron chi connectivity index (χ3n) is 3.35. The lowest BCUT2D eigenvalue weighted by Crippen LogP contribution is -2.48. The van der Waals surface area contributed by atoms with Crippen LogP contribution in [0.25, 0.3) is 0 Å². The van der Waals surface area contributed by atoms with E-state index in [2.05, 4.69) is 10.6 Å². The Morgan fingerprint density at radius 1 is 1.42 bits per heavy atom. The van der Waals surface area contributed by atoms with E-state index in [1.165, 1.54) is 18.2 Å². The Morgan fingerprint density at radius 3 is 2.63 bits per heavy atom. The van der Waals surface area contributed by atoms with Crippen molar-refractivity contribution >= 4 is 29.2 Å². The van der Waals surface area contributed by atoms with Crippen LogP contribution in [0.2, 0.25) is 5.02 Å². The van der Waals surface area contributed by atoms with Crippen LogP contribution in [0.15, 0.2) is 18.2 Å². The first kappa shape index (κ1) is 13.8. The second kappa shape index (κ2) is 5.59. The largest absolute Gasteiger partial charge is 0.478 e. The van der Waals surface area contributed by atoms with E-state index in [1.54, 1.807) is 0 Å². The number of carboxylic acids is 1. The summed E-state index contributed by atoms with van der Waals surface area (Å²) in [6.45, 7) is 3.54. The predicted molar refractivity (Wildman–Crippen MR) is 72.6 cm³/mol. The molecular formula is C13H15ClN2O3. The third kappa shape index (κ3) is 3.24. The maximum Gasteiger partial charge on any atom is 0.335 e. The van der Waals surface area contributed by atoms with Gasteiger partial charge in [-0.2, -0.15) is 0 Å². The third-order valence-corrected chi connectivity index (χ3v) is 3.56. The summed E-state index contributed by atoms with van der Waals surface area (Å²) >= 11 is 5.83. The number of aromatic carboxylic acids is 1. The Labute approximate surface area is 116 Å². The highest BCUT2D eigenvalue weighted by Gasteiger charge is 2.28. The molecule has 0 bridgehead atoms. The summed E-state index contributed by atoms with van der Waals surface area (Å²) in [4.78, 5) is 22.9. The summed E-state index contributed by atoms with van der Waals surface area (Å²) in [5, 5.41) is 15.0. The van der Waals surface area contributed by atoms with Gasteiger partial charge in [-0.15, -0.1) is 0 Å². The molecule has 1 aliphatic heterocycles. The molecule has 0 spiro atoms. The molecule has 0 saturated carbocycles. The van der Waals surface area contributed by atoms with Crippen molar-refractivity contribution in [3.8, 4) is 0 Å². The number of carboxylic acid groups (broad SMARTS) is 1. The van der Waals surface area contributed by atoms with Crippen molar-refractivity contribution in [2.75, 3.05) is 18.4 Å². The van der Waals surface area contributed by atoms with Crippen LogP contribution in [0.1, 0.15) is 17.3 Å². The Morgan fingerprint density at radius 2 is 2.11 bits per heavy atom. The summed E-state index contributed by atoms with van der Waals surface area (Å²) in [5.74, 6) is -0.981. The lowest BCUT2D eigenvalue weighted by Gasteiger charge is -2.31. The molecule has 1 atom stereocenters. The van der Waals surface area contributed by atoms with Gasteiger partial charge in [-0.05, 0) is 37.2 Å². The first-order chi connectivity index (χ1) is 8.97. The monoisotopic (exact) mass is 282 g/mol. The average Bonchev–Trinajstić information content (AvgIpc) is 2.25. The van der Waals surface area contributed by atoms with Crippen LogP contribution in [0, 0.1) is 11.8 Å². The van der Waals surface area contributed by atoms with Crippen LogP contribution in [-0.2, 0) is 4.79 Å². The van der Waals surface area contributed by atoms with E-state index >= 15 is 0 Å². The van der Waals surface area contributed by atoms with E-state index < -0.39 is 5.97 Å². The lowest BCUT2D eigenvalue weighted by atomic mass is 9.88. The maximum absolute atomic E-state index is 12.0. The number of amides is 1. The number of hydrogen-bond acceptors (Lipinski definition) is 3. The zero-order valence-electron chi connectivity index (χ0n) is 10.4. The molecule has 1 fully saturated rings. The van der Waals surface area contributed by atoms with Crippen LogP contribution < -0.4 is 10.6 Å². The summed E-state index contributed by atoms with van der Waals surface area (Å²) in [6, 6.07) is 4.29. The molecule has 1 aromatic rings.